The molecule has 1 aromatic heterocycles. The summed E-state index contributed by atoms with van der Waals surface area (Å²) in [5.41, 5.74) is 2.64. The third kappa shape index (κ3) is 4.64. The van der Waals surface area contributed by atoms with Crippen molar-refractivity contribution in [2.45, 2.75) is 26.4 Å². The number of amides is 1. The van der Waals surface area contributed by atoms with Crippen molar-refractivity contribution in [2.75, 3.05) is 31.1 Å². The lowest BCUT2D eigenvalue weighted by atomic mass is 10.1. The summed E-state index contributed by atoms with van der Waals surface area (Å²) in [6.07, 6.45) is 1.45. The van der Waals surface area contributed by atoms with Crippen molar-refractivity contribution in [1.82, 2.24) is 15.1 Å². The van der Waals surface area contributed by atoms with Crippen LogP contribution in [0.2, 0.25) is 5.15 Å². The molecule has 138 valence electrons. The molecule has 0 radical (unpaired) electrons. The van der Waals surface area contributed by atoms with Crippen LogP contribution in [0.5, 0.6) is 0 Å². The Bertz CT molecular complexity index is 766. The van der Waals surface area contributed by atoms with Gasteiger partial charge in [-0.3, -0.25) is 0 Å². The highest BCUT2D eigenvalue weighted by molar-refractivity contribution is 6.29. The number of hydrogen-bond acceptors (Lipinski definition) is 5. The van der Waals surface area contributed by atoms with Gasteiger partial charge in [-0.05, 0) is 44.5 Å². The molecule has 1 aromatic carbocycles. The van der Waals surface area contributed by atoms with Gasteiger partial charge in [-0.15, -0.1) is 5.10 Å². The molecular weight excluding hydrogens is 352 g/mol. The molecule has 2 heterocycles. The second-order valence-electron chi connectivity index (χ2n) is 7.27. The van der Waals surface area contributed by atoms with Gasteiger partial charge in [0.2, 0.25) is 0 Å². The quantitative estimate of drug-likeness (QED) is 0.799. The van der Waals surface area contributed by atoms with Crippen LogP contribution < -0.4 is 4.90 Å². The summed E-state index contributed by atoms with van der Waals surface area (Å²) >= 11 is 5.90. The first-order valence-electron chi connectivity index (χ1n) is 8.63. The van der Waals surface area contributed by atoms with Crippen LogP contribution in [-0.2, 0) is 4.74 Å². The molecule has 0 atom stereocenters. The maximum atomic E-state index is 12.1. The Kier molecular flexibility index (Phi) is 5.32. The van der Waals surface area contributed by atoms with Crippen LogP contribution in [0.15, 0.2) is 36.5 Å². The van der Waals surface area contributed by atoms with E-state index in [4.69, 9.17) is 16.3 Å². The van der Waals surface area contributed by atoms with Crippen LogP contribution in [-0.4, -0.2) is 53.0 Å². The van der Waals surface area contributed by atoms with Gasteiger partial charge in [-0.1, -0.05) is 23.7 Å². The van der Waals surface area contributed by atoms with E-state index in [0.717, 1.165) is 29.9 Å². The number of ether oxygens (including phenoxy) is 1. The summed E-state index contributed by atoms with van der Waals surface area (Å²) in [6.45, 7) is 8.51. The minimum absolute atomic E-state index is 0.241. The van der Waals surface area contributed by atoms with Gasteiger partial charge in [-0.2, -0.15) is 5.10 Å². The molecule has 2 aromatic rings. The van der Waals surface area contributed by atoms with Crippen LogP contribution in [0.25, 0.3) is 11.1 Å². The summed E-state index contributed by atoms with van der Waals surface area (Å²) in [5.74, 6) is 0. The first-order valence-corrected chi connectivity index (χ1v) is 9.01. The summed E-state index contributed by atoms with van der Waals surface area (Å²) < 4.78 is 5.44. The van der Waals surface area contributed by atoms with Crippen molar-refractivity contribution >= 4 is 23.4 Å². The Balaban J connectivity index is 1.60. The van der Waals surface area contributed by atoms with Crippen LogP contribution in [0.1, 0.15) is 20.8 Å². The van der Waals surface area contributed by atoms with Crippen LogP contribution in [0.3, 0.4) is 0 Å². The monoisotopic (exact) mass is 374 g/mol. The maximum Gasteiger partial charge on any atom is 0.410 e. The van der Waals surface area contributed by atoms with Crippen molar-refractivity contribution in [1.29, 1.82) is 0 Å². The standard InChI is InChI=1S/C19H23ClN4O2/c1-19(2,3)26-18(25)24-10-8-23(9-11-24)16-6-4-14(5-7-16)15-12-17(20)22-21-13-15/h4-7,12-13H,8-11H2,1-3H3. The van der Waals surface area contributed by atoms with Gasteiger partial charge in [-0.25, -0.2) is 4.79 Å². The molecule has 1 aliphatic rings. The number of halogens is 1. The summed E-state index contributed by atoms with van der Waals surface area (Å²) in [5, 5.41) is 8.03. The number of aromatic nitrogens is 2. The molecule has 3 rings (SSSR count). The summed E-state index contributed by atoms with van der Waals surface area (Å²) in [4.78, 5) is 16.2. The zero-order valence-electron chi connectivity index (χ0n) is 15.3. The van der Waals surface area contributed by atoms with E-state index in [1.807, 2.05) is 32.9 Å². The molecule has 0 bridgehead atoms. The fraction of sp³-hybridized carbons (Fsp3) is 0.421. The van der Waals surface area contributed by atoms with E-state index in [9.17, 15) is 4.79 Å². The third-order valence-electron chi connectivity index (χ3n) is 4.12. The van der Waals surface area contributed by atoms with Gasteiger partial charge < -0.3 is 14.5 Å². The molecule has 7 heteroatoms. The molecule has 0 N–H and O–H groups in total. The van der Waals surface area contributed by atoms with E-state index < -0.39 is 5.60 Å². The summed E-state index contributed by atoms with van der Waals surface area (Å²) in [6, 6.07) is 10.0. The largest absolute Gasteiger partial charge is 0.444 e. The topological polar surface area (TPSA) is 58.6 Å². The predicted molar refractivity (Wildman–Crippen MR) is 102 cm³/mol. The number of carbonyl (C=O) groups excluding carboxylic acids is 1. The lowest BCUT2D eigenvalue weighted by Gasteiger charge is -2.36. The van der Waals surface area contributed by atoms with Crippen LogP contribution in [0, 0.1) is 0 Å². The fourth-order valence-corrected chi connectivity index (χ4v) is 3.00. The Morgan fingerprint density at radius 2 is 1.73 bits per heavy atom. The molecule has 1 aliphatic heterocycles. The van der Waals surface area contributed by atoms with E-state index in [-0.39, 0.29) is 6.09 Å². The number of hydrogen-bond donors (Lipinski definition) is 0. The van der Waals surface area contributed by atoms with Crippen molar-refractivity contribution in [2.24, 2.45) is 0 Å². The van der Waals surface area contributed by atoms with Crippen molar-refractivity contribution in [3.63, 3.8) is 0 Å². The maximum absolute atomic E-state index is 12.1. The molecular formula is C19H23ClN4O2. The number of benzene rings is 1. The number of carbonyl (C=O) groups is 1. The molecule has 0 aliphatic carbocycles. The average molecular weight is 375 g/mol. The molecule has 0 spiro atoms. The molecule has 26 heavy (non-hydrogen) atoms. The van der Waals surface area contributed by atoms with Gasteiger partial charge in [0, 0.05) is 37.4 Å². The number of rotatable bonds is 2. The van der Waals surface area contributed by atoms with Crippen LogP contribution in [0.4, 0.5) is 10.5 Å². The normalized spacial score (nSPS) is 15.1. The van der Waals surface area contributed by atoms with Gasteiger partial charge in [0.1, 0.15) is 5.60 Å². The molecule has 1 fully saturated rings. The zero-order valence-corrected chi connectivity index (χ0v) is 16.0. The Morgan fingerprint density at radius 3 is 2.31 bits per heavy atom. The van der Waals surface area contributed by atoms with Gasteiger partial charge in [0.15, 0.2) is 5.15 Å². The Morgan fingerprint density at radius 1 is 1.08 bits per heavy atom. The molecule has 0 unspecified atom stereocenters. The minimum atomic E-state index is -0.464. The Hall–Kier alpha value is -2.34. The highest BCUT2D eigenvalue weighted by atomic mass is 35.5. The molecule has 1 saturated heterocycles. The van der Waals surface area contributed by atoms with E-state index in [0.29, 0.717) is 18.2 Å². The Labute approximate surface area is 158 Å². The fourth-order valence-electron chi connectivity index (χ4n) is 2.84. The molecule has 0 saturated carbocycles. The van der Waals surface area contributed by atoms with Crippen molar-refractivity contribution in [3.8, 4) is 11.1 Å². The van der Waals surface area contributed by atoms with Gasteiger partial charge >= 0.3 is 6.09 Å². The zero-order chi connectivity index (χ0) is 18.7. The van der Waals surface area contributed by atoms with E-state index in [1.54, 1.807) is 17.2 Å². The lowest BCUT2D eigenvalue weighted by molar-refractivity contribution is 0.0240. The SMILES string of the molecule is CC(C)(C)OC(=O)N1CCN(c2ccc(-c3cnnc(Cl)c3)cc2)CC1. The predicted octanol–water partition coefficient (Wildman–Crippen LogP) is 3.85. The number of piperazine rings is 1. The average Bonchev–Trinajstić information content (AvgIpc) is 2.61. The van der Waals surface area contributed by atoms with E-state index >= 15 is 0 Å². The highest BCUT2D eigenvalue weighted by Crippen LogP contribution is 2.24. The lowest BCUT2D eigenvalue weighted by Crippen LogP contribution is -2.50. The second kappa shape index (κ2) is 7.50. The van der Waals surface area contributed by atoms with Crippen LogP contribution >= 0.6 is 11.6 Å². The second-order valence-corrected chi connectivity index (χ2v) is 7.66. The number of nitrogens with zero attached hydrogens (tertiary/aromatic N) is 4. The molecule has 6 nitrogen and oxygen atoms in total. The molecule has 1 amide bonds. The first kappa shape index (κ1) is 18.5. The van der Waals surface area contributed by atoms with Gasteiger partial charge in [0.25, 0.3) is 0 Å². The number of anilines is 1. The third-order valence-corrected chi connectivity index (χ3v) is 4.31. The van der Waals surface area contributed by atoms with E-state index in [1.165, 1.54) is 0 Å². The van der Waals surface area contributed by atoms with Gasteiger partial charge in [0.05, 0.1) is 6.20 Å². The minimum Gasteiger partial charge on any atom is -0.444 e. The van der Waals surface area contributed by atoms with E-state index in [2.05, 4.69) is 27.2 Å². The van der Waals surface area contributed by atoms with Crippen molar-refractivity contribution in [3.05, 3.63) is 41.7 Å². The smallest absolute Gasteiger partial charge is 0.410 e. The summed E-state index contributed by atoms with van der Waals surface area (Å²) in [7, 11) is 0. The van der Waals surface area contributed by atoms with Crippen molar-refractivity contribution < 1.29 is 9.53 Å². The highest BCUT2D eigenvalue weighted by Gasteiger charge is 2.25. The first-order chi connectivity index (χ1) is 12.3.